The number of hydrogen-bond donors (Lipinski definition) is 1. The van der Waals surface area contributed by atoms with Gasteiger partial charge in [0, 0.05) is 31.3 Å². The van der Waals surface area contributed by atoms with Gasteiger partial charge in [-0.15, -0.1) is 0 Å². The van der Waals surface area contributed by atoms with Gasteiger partial charge in [0.2, 0.25) is 0 Å². The second-order valence-corrected chi connectivity index (χ2v) is 3.15. The number of aromatic amines is 1. The number of anilines is 1. The molecule has 0 saturated heterocycles. The maximum atomic E-state index is 11.2. The Labute approximate surface area is 78.8 Å². The highest BCUT2D eigenvalue weighted by molar-refractivity contribution is 9.09. The van der Waals surface area contributed by atoms with E-state index in [0.717, 1.165) is 11.9 Å². The van der Waals surface area contributed by atoms with E-state index in [2.05, 4.69) is 25.9 Å². The molecule has 0 spiro atoms. The lowest BCUT2D eigenvalue weighted by atomic mass is 10.5. The van der Waals surface area contributed by atoms with Crippen LogP contribution in [0.15, 0.2) is 17.2 Å². The predicted octanol–water partition coefficient (Wildman–Crippen LogP) is 0.601. The average Bonchev–Trinajstić information content (AvgIpc) is 2.05. The van der Waals surface area contributed by atoms with E-state index in [1.54, 1.807) is 11.1 Å². The first kappa shape index (κ1) is 9.25. The van der Waals surface area contributed by atoms with E-state index in [9.17, 15) is 4.79 Å². The Morgan fingerprint density at radius 3 is 3.08 bits per heavy atom. The van der Waals surface area contributed by atoms with Crippen molar-refractivity contribution in [3.63, 3.8) is 0 Å². The number of hydrogen-bond acceptors (Lipinski definition) is 3. The molecule has 0 aliphatic rings. The van der Waals surface area contributed by atoms with Crippen LogP contribution in [-0.2, 0) is 0 Å². The summed E-state index contributed by atoms with van der Waals surface area (Å²) in [6.07, 6.45) is 3.09. The summed E-state index contributed by atoms with van der Waals surface area (Å²) in [6.45, 7) is 0.764. The molecular weight excluding hydrogens is 222 g/mol. The van der Waals surface area contributed by atoms with Crippen LogP contribution in [0.4, 0.5) is 5.82 Å². The van der Waals surface area contributed by atoms with E-state index < -0.39 is 0 Å². The molecule has 1 rings (SSSR count). The molecule has 0 aliphatic carbocycles. The van der Waals surface area contributed by atoms with Crippen molar-refractivity contribution < 1.29 is 0 Å². The quantitative estimate of drug-likeness (QED) is 0.776. The zero-order valence-corrected chi connectivity index (χ0v) is 8.34. The summed E-state index contributed by atoms with van der Waals surface area (Å²) in [5, 5.41) is 0.819. The molecule has 0 atom stereocenters. The fourth-order valence-corrected chi connectivity index (χ4v) is 1.38. The minimum atomic E-state index is -0.152. The number of aromatic nitrogens is 2. The van der Waals surface area contributed by atoms with Crippen molar-refractivity contribution in [3.8, 4) is 0 Å². The summed E-state index contributed by atoms with van der Waals surface area (Å²) in [7, 11) is 1.83. The van der Waals surface area contributed by atoms with Gasteiger partial charge in [-0.25, -0.2) is 4.98 Å². The summed E-state index contributed by atoms with van der Waals surface area (Å²) in [5.74, 6) is 0.456. The Morgan fingerprint density at radius 2 is 2.50 bits per heavy atom. The van der Waals surface area contributed by atoms with E-state index in [4.69, 9.17) is 0 Å². The summed E-state index contributed by atoms with van der Waals surface area (Å²) < 4.78 is 0. The summed E-state index contributed by atoms with van der Waals surface area (Å²) in [4.78, 5) is 19.5. The highest BCUT2D eigenvalue weighted by Gasteiger charge is 2.04. The second kappa shape index (κ2) is 4.25. The van der Waals surface area contributed by atoms with Crippen molar-refractivity contribution >= 4 is 21.7 Å². The van der Waals surface area contributed by atoms with Crippen molar-refractivity contribution in [1.29, 1.82) is 0 Å². The molecule has 12 heavy (non-hydrogen) atoms. The van der Waals surface area contributed by atoms with Gasteiger partial charge in [0.1, 0.15) is 0 Å². The fraction of sp³-hybridized carbons (Fsp3) is 0.429. The van der Waals surface area contributed by atoms with Gasteiger partial charge < -0.3 is 9.88 Å². The van der Waals surface area contributed by atoms with E-state index in [1.165, 1.54) is 6.20 Å². The molecule has 4 nitrogen and oxygen atoms in total. The summed E-state index contributed by atoms with van der Waals surface area (Å²) >= 11 is 3.29. The third-order valence-corrected chi connectivity index (χ3v) is 1.83. The van der Waals surface area contributed by atoms with Crippen LogP contribution in [0, 0.1) is 0 Å². The van der Waals surface area contributed by atoms with Gasteiger partial charge in [0.25, 0.3) is 5.56 Å². The zero-order chi connectivity index (χ0) is 8.97. The zero-order valence-electron chi connectivity index (χ0n) is 6.75. The molecule has 0 amide bonds. The lowest BCUT2D eigenvalue weighted by Crippen LogP contribution is -2.27. The minimum Gasteiger partial charge on any atom is -0.354 e. The van der Waals surface area contributed by atoms with E-state index in [1.807, 2.05) is 7.05 Å². The first-order valence-corrected chi connectivity index (χ1v) is 4.68. The molecule has 0 unspecified atom stereocenters. The fourth-order valence-electron chi connectivity index (χ4n) is 0.849. The minimum absolute atomic E-state index is 0.152. The Hall–Kier alpha value is -0.840. The molecule has 66 valence electrons. The van der Waals surface area contributed by atoms with Crippen molar-refractivity contribution in [1.82, 2.24) is 9.97 Å². The van der Waals surface area contributed by atoms with E-state index in [-0.39, 0.29) is 5.56 Å². The first-order valence-electron chi connectivity index (χ1n) is 3.56. The Bertz CT molecular complexity index is 299. The molecule has 1 aromatic rings. The molecule has 0 fully saturated rings. The van der Waals surface area contributed by atoms with Crippen LogP contribution in [0.5, 0.6) is 0 Å². The monoisotopic (exact) mass is 231 g/mol. The molecule has 0 radical (unpaired) electrons. The van der Waals surface area contributed by atoms with Crippen LogP contribution in [-0.4, -0.2) is 28.9 Å². The van der Waals surface area contributed by atoms with Crippen molar-refractivity contribution in [2.45, 2.75) is 0 Å². The first-order chi connectivity index (χ1) is 5.75. The van der Waals surface area contributed by atoms with Crippen LogP contribution in [0.25, 0.3) is 0 Å². The van der Waals surface area contributed by atoms with Gasteiger partial charge in [-0.2, -0.15) is 0 Å². The third-order valence-electron chi connectivity index (χ3n) is 1.47. The van der Waals surface area contributed by atoms with Crippen molar-refractivity contribution in [2.75, 3.05) is 23.8 Å². The number of halogens is 1. The largest absolute Gasteiger partial charge is 0.354 e. The number of nitrogens with zero attached hydrogens (tertiary/aromatic N) is 2. The highest BCUT2D eigenvalue weighted by atomic mass is 79.9. The standard InChI is InChI=1S/C7H10BrN3O/c1-11(5-2-8)6-7(12)10-4-3-9-6/h3-4H,2,5H2,1H3,(H,10,12). The lowest BCUT2D eigenvalue weighted by Gasteiger charge is -2.14. The van der Waals surface area contributed by atoms with Gasteiger partial charge >= 0.3 is 0 Å². The maximum Gasteiger partial charge on any atom is 0.290 e. The number of H-pyrrole nitrogens is 1. The van der Waals surface area contributed by atoms with Crippen molar-refractivity contribution in [3.05, 3.63) is 22.7 Å². The van der Waals surface area contributed by atoms with Gasteiger partial charge in [-0.1, -0.05) is 15.9 Å². The normalized spacial score (nSPS) is 9.83. The number of alkyl halides is 1. The van der Waals surface area contributed by atoms with Gasteiger partial charge in [0.15, 0.2) is 5.82 Å². The number of nitrogens with one attached hydrogen (secondary N) is 1. The molecule has 1 heterocycles. The topological polar surface area (TPSA) is 49.0 Å². The molecule has 5 heteroatoms. The smallest absolute Gasteiger partial charge is 0.290 e. The molecule has 0 aliphatic heterocycles. The van der Waals surface area contributed by atoms with E-state index in [0.29, 0.717) is 5.82 Å². The van der Waals surface area contributed by atoms with Crippen LogP contribution in [0.3, 0.4) is 0 Å². The van der Waals surface area contributed by atoms with E-state index >= 15 is 0 Å². The van der Waals surface area contributed by atoms with Crippen LogP contribution in [0.2, 0.25) is 0 Å². The Kier molecular flexibility index (Phi) is 3.28. The highest BCUT2D eigenvalue weighted by Crippen LogP contribution is 1.98. The van der Waals surface area contributed by atoms with Gasteiger partial charge in [-0.3, -0.25) is 4.79 Å². The molecule has 1 aromatic heterocycles. The molecule has 0 saturated carbocycles. The van der Waals surface area contributed by atoms with Crippen LogP contribution >= 0.6 is 15.9 Å². The van der Waals surface area contributed by atoms with Gasteiger partial charge in [-0.05, 0) is 0 Å². The molecule has 1 N–H and O–H groups in total. The third kappa shape index (κ3) is 2.07. The summed E-state index contributed by atoms with van der Waals surface area (Å²) in [6, 6.07) is 0. The predicted molar refractivity (Wildman–Crippen MR) is 51.9 cm³/mol. The van der Waals surface area contributed by atoms with Crippen molar-refractivity contribution in [2.24, 2.45) is 0 Å². The maximum absolute atomic E-state index is 11.2. The molecule has 0 aromatic carbocycles. The van der Waals surface area contributed by atoms with Crippen LogP contribution in [0.1, 0.15) is 0 Å². The Balaban J connectivity index is 2.87. The summed E-state index contributed by atoms with van der Waals surface area (Å²) in [5.41, 5.74) is -0.152. The SMILES string of the molecule is CN(CCBr)c1ncc[nH]c1=O. The van der Waals surface area contributed by atoms with Gasteiger partial charge in [0.05, 0.1) is 0 Å². The lowest BCUT2D eigenvalue weighted by molar-refractivity contribution is 0.924. The Morgan fingerprint density at radius 1 is 1.75 bits per heavy atom. The molecule has 0 bridgehead atoms. The second-order valence-electron chi connectivity index (χ2n) is 2.35. The number of rotatable bonds is 3. The van der Waals surface area contributed by atoms with Crippen LogP contribution < -0.4 is 10.5 Å². The molecular formula is C7H10BrN3O. The average molecular weight is 232 g/mol.